The Balaban J connectivity index is 1.77. The second-order valence-corrected chi connectivity index (χ2v) is 5.95. The van der Waals surface area contributed by atoms with Crippen molar-refractivity contribution in [2.75, 3.05) is 0 Å². The number of hydrogen-bond donors (Lipinski definition) is 2. The molecule has 0 aliphatic carbocycles. The summed E-state index contributed by atoms with van der Waals surface area (Å²) in [5, 5.41) is 18.1. The van der Waals surface area contributed by atoms with Gasteiger partial charge in [0, 0.05) is 5.39 Å². The summed E-state index contributed by atoms with van der Waals surface area (Å²) in [6.45, 7) is 1.59. The van der Waals surface area contributed by atoms with E-state index in [1.54, 1.807) is 25.1 Å². The van der Waals surface area contributed by atoms with Crippen LogP contribution in [0.2, 0.25) is 0 Å². The number of carbonyl (C=O) groups is 1. The Hall–Kier alpha value is -2.67. The van der Waals surface area contributed by atoms with E-state index in [0.717, 1.165) is 4.47 Å². The highest BCUT2D eigenvalue weighted by Crippen LogP contribution is 2.35. The van der Waals surface area contributed by atoms with Crippen LogP contribution in [0.5, 0.6) is 11.6 Å². The average molecular weight is 388 g/mol. The van der Waals surface area contributed by atoms with E-state index < -0.39 is 12.0 Å². The Kier molecular flexibility index (Phi) is 4.61. The molecule has 1 heterocycles. The zero-order chi connectivity index (χ0) is 17.1. The minimum atomic E-state index is -0.806. The Morgan fingerprint density at radius 3 is 2.71 bits per heavy atom. The van der Waals surface area contributed by atoms with Crippen molar-refractivity contribution in [3.8, 4) is 11.6 Å². The molecule has 0 aliphatic heterocycles. The Morgan fingerprint density at radius 1 is 1.21 bits per heavy atom. The SMILES string of the molecule is C[C@@H](Oc1ccccc1Br)C(=O)N=Nc1c(O)[nH]c2ccccc12. The van der Waals surface area contributed by atoms with Crippen molar-refractivity contribution in [1.29, 1.82) is 0 Å². The van der Waals surface area contributed by atoms with Crippen LogP contribution in [0.1, 0.15) is 6.92 Å². The number of rotatable bonds is 4. The summed E-state index contributed by atoms with van der Waals surface area (Å²) in [6.07, 6.45) is -0.806. The number of aromatic hydroxyl groups is 1. The number of carbonyl (C=O) groups excluding carboxylic acids is 1. The summed E-state index contributed by atoms with van der Waals surface area (Å²) in [4.78, 5) is 14.9. The van der Waals surface area contributed by atoms with Crippen molar-refractivity contribution in [3.63, 3.8) is 0 Å². The van der Waals surface area contributed by atoms with Crippen molar-refractivity contribution >= 4 is 38.4 Å². The molecular formula is C17H14BrN3O3. The Bertz CT molecular complexity index is 920. The van der Waals surface area contributed by atoms with Crippen molar-refractivity contribution in [2.24, 2.45) is 10.2 Å². The van der Waals surface area contributed by atoms with Gasteiger partial charge in [-0.25, -0.2) is 0 Å². The molecular weight excluding hydrogens is 374 g/mol. The molecule has 0 saturated carbocycles. The highest BCUT2D eigenvalue weighted by atomic mass is 79.9. The normalized spacial score (nSPS) is 12.6. The van der Waals surface area contributed by atoms with Gasteiger partial charge in [-0.2, -0.15) is 0 Å². The van der Waals surface area contributed by atoms with E-state index in [0.29, 0.717) is 16.7 Å². The molecule has 6 nitrogen and oxygen atoms in total. The molecule has 3 rings (SSSR count). The monoisotopic (exact) mass is 387 g/mol. The highest BCUT2D eigenvalue weighted by Gasteiger charge is 2.16. The largest absolute Gasteiger partial charge is 0.493 e. The fourth-order valence-electron chi connectivity index (χ4n) is 2.18. The molecule has 24 heavy (non-hydrogen) atoms. The molecule has 0 spiro atoms. The number of hydrogen-bond acceptors (Lipinski definition) is 4. The number of aromatic amines is 1. The van der Waals surface area contributed by atoms with Gasteiger partial charge in [-0.3, -0.25) is 4.79 Å². The number of halogens is 1. The number of benzene rings is 2. The third kappa shape index (κ3) is 3.30. The fraction of sp³-hybridized carbons (Fsp3) is 0.118. The molecule has 0 fully saturated rings. The number of para-hydroxylation sites is 2. The third-order valence-electron chi connectivity index (χ3n) is 3.40. The minimum Gasteiger partial charge on any atom is -0.493 e. The standard InChI is InChI=1S/C17H14BrN3O3/c1-10(24-14-9-5-3-7-12(14)18)16(22)21-20-15-11-6-2-4-8-13(11)19-17(15)23/h2-10,19,23H,1H3/t10-/m1/s1. The second kappa shape index (κ2) is 6.84. The Labute approximate surface area is 146 Å². The number of amides is 1. The average Bonchev–Trinajstić information content (AvgIpc) is 2.90. The molecule has 1 aromatic heterocycles. The first-order valence-electron chi connectivity index (χ1n) is 7.22. The summed E-state index contributed by atoms with van der Waals surface area (Å²) >= 11 is 3.35. The summed E-state index contributed by atoms with van der Waals surface area (Å²) in [5.74, 6) is -0.133. The van der Waals surface area contributed by atoms with Gasteiger partial charge in [0.25, 0.3) is 0 Å². The molecule has 2 N–H and O–H groups in total. The van der Waals surface area contributed by atoms with Gasteiger partial charge in [0.1, 0.15) is 5.75 Å². The van der Waals surface area contributed by atoms with E-state index in [9.17, 15) is 9.90 Å². The maximum absolute atomic E-state index is 12.1. The van der Waals surface area contributed by atoms with Crippen LogP contribution in [0, 0.1) is 0 Å². The van der Waals surface area contributed by atoms with Crippen molar-refractivity contribution < 1.29 is 14.6 Å². The topological polar surface area (TPSA) is 87.0 Å². The van der Waals surface area contributed by atoms with E-state index in [-0.39, 0.29) is 11.6 Å². The number of azo groups is 1. The van der Waals surface area contributed by atoms with E-state index >= 15 is 0 Å². The van der Waals surface area contributed by atoms with Gasteiger partial charge in [0.2, 0.25) is 5.88 Å². The number of ether oxygens (including phenoxy) is 1. The van der Waals surface area contributed by atoms with E-state index in [2.05, 4.69) is 31.1 Å². The molecule has 3 aromatic rings. The molecule has 122 valence electrons. The smallest absolute Gasteiger partial charge is 0.304 e. The molecule has 0 saturated heterocycles. The van der Waals surface area contributed by atoms with Gasteiger partial charge >= 0.3 is 5.91 Å². The van der Waals surface area contributed by atoms with Crippen LogP contribution in [0.15, 0.2) is 63.2 Å². The lowest BCUT2D eigenvalue weighted by atomic mass is 10.2. The van der Waals surface area contributed by atoms with Gasteiger partial charge in [0.15, 0.2) is 11.8 Å². The molecule has 1 atom stereocenters. The fourth-order valence-corrected chi connectivity index (χ4v) is 2.55. The maximum Gasteiger partial charge on any atom is 0.304 e. The minimum absolute atomic E-state index is 0.132. The summed E-state index contributed by atoms with van der Waals surface area (Å²) < 4.78 is 6.32. The molecule has 7 heteroatoms. The first-order chi connectivity index (χ1) is 11.6. The van der Waals surface area contributed by atoms with Crippen LogP contribution in [0.3, 0.4) is 0 Å². The zero-order valence-electron chi connectivity index (χ0n) is 12.7. The maximum atomic E-state index is 12.1. The van der Waals surface area contributed by atoms with Crippen molar-refractivity contribution in [1.82, 2.24) is 4.98 Å². The van der Waals surface area contributed by atoms with Gasteiger partial charge in [-0.1, -0.05) is 30.3 Å². The van der Waals surface area contributed by atoms with Crippen molar-refractivity contribution in [2.45, 2.75) is 13.0 Å². The number of aromatic nitrogens is 1. The van der Waals surface area contributed by atoms with E-state index in [4.69, 9.17) is 4.74 Å². The number of fused-ring (bicyclic) bond motifs is 1. The van der Waals surface area contributed by atoms with Crippen LogP contribution in [0.4, 0.5) is 5.69 Å². The van der Waals surface area contributed by atoms with Gasteiger partial charge in [-0.15, -0.1) is 10.2 Å². The lowest BCUT2D eigenvalue weighted by molar-refractivity contribution is -0.124. The quantitative estimate of drug-likeness (QED) is 0.635. The number of H-pyrrole nitrogens is 1. The highest BCUT2D eigenvalue weighted by molar-refractivity contribution is 9.10. The van der Waals surface area contributed by atoms with Crippen molar-refractivity contribution in [3.05, 3.63) is 53.0 Å². The van der Waals surface area contributed by atoms with Crippen LogP contribution in [-0.2, 0) is 4.79 Å². The van der Waals surface area contributed by atoms with Gasteiger partial charge in [-0.05, 0) is 41.1 Å². The summed E-state index contributed by atoms with van der Waals surface area (Å²) in [7, 11) is 0. The van der Waals surface area contributed by atoms with E-state index in [1.807, 2.05) is 30.3 Å². The predicted octanol–water partition coefficient (Wildman–Crippen LogP) is 4.71. The molecule has 0 unspecified atom stereocenters. The lowest BCUT2D eigenvalue weighted by Crippen LogP contribution is -2.21. The predicted molar refractivity (Wildman–Crippen MR) is 93.7 cm³/mol. The summed E-state index contributed by atoms with van der Waals surface area (Å²) in [5.41, 5.74) is 0.945. The zero-order valence-corrected chi connectivity index (χ0v) is 14.3. The summed E-state index contributed by atoms with van der Waals surface area (Å²) in [6, 6.07) is 14.5. The molecule has 1 amide bonds. The molecule has 0 radical (unpaired) electrons. The van der Waals surface area contributed by atoms with Gasteiger partial charge in [0.05, 0.1) is 9.99 Å². The van der Waals surface area contributed by atoms with Crippen LogP contribution >= 0.6 is 15.9 Å². The third-order valence-corrected chi connectivity index (χ3v) is 4.05. The van der Waals surface area contributed by atoms with Gasteiger partial charge < -0.3 is 14.8 Å². The molecule has 0 aliphatic rings. The van der Waals surface area contributed by atoms with Crippen LogP contribution < -0.4 is 4.74 Å². The number of nitrogens with one attached hydrogen (secondary N) is 1. The molecule has 0 bridgehead atoms. The lowest BCUT2D eigenvalue weighted by Gasteiger charge is -2.11. The first-order valence-corrected chi connectivity index (χ1v) is 8.02. The van der Waals surface area contributed by atoms with Crippen LogP contribution in [0.25, 0.3) is 10.9 Å². The molecule has 2 aromatic carbocycles. The number of nitrogens with zero attached hydrogens (tertiary/aromatic N) is 2. The second-order valence-electron chi connectivity index (χ2n) is 5.10. The Morgan fingerprint density at radius 2 is 1.92 bits per heavy atom. The van der Waals surface area contributed by atoms with E-state index in [1.165, 1.54) is 0 Å². The first kappa shape index (κ1) is 16.2. The van der Waals surface area contributed by atoms with Crippen LogP contribution in [-0.4, -0.2) is 22.1 Å².